The predicted molar refractivity (Wildman–Crippen MR) is 145 cm³/mol. The number of hydrogen-bond donors (Lipinski definition) is 2. The number of hydrogen-bond acceptors (Lipinski definition) is 2. The van der Waals surface area contributed by atoms with Crippen LogP contribution in [-0.2, 0) is 10.2 Å². The summed E-state index contributed by atoms with van der Waals surface area (Å²) < 4.78 is 0. The number of aliphatic hydroxyl groups excluding tert-OH is 1. The van der Waals surface area contributed by atoms with Crippen molar-refractivity contribution in [2.24, 2.45) is 0 Å². The van der Waals surface area contributed by atoms with Crippen LogP contribution in [0, 0.1) is 0 Å². The van der Waals surface area contributed by atoms with Crippen LogP contribution in [0.25, 0.3) is 0 Å². The van der Waals surface area contributed by atoms with Crippen molar-refractivity contribution in [1.82, 2.24) is 0 Å². The van der Waals surface area contributed by atoms with Crippen LogP contribution in [0.1, 0.15) is 147 Å². The second-order valence-electron chi connectivity index (χ2n) is 10.3. The number of aliphatic hydroxyl groups is 1. The van der Waals surface area contributed by atoms with Gasteiger partial charge in [-0.2, -0.15) is 0 Å². The van der Waals surface area contributed by atoms with E-state index < -0.39 is 11.4 Å². The molecule has 0 saturated heterocycles. The summed E-state index contributed by atoms with van der Waals surface area (Å²) in [6.07, 6.45) is 24.7. The van der Waals surface area contributed by atoms with E-state index in [0.29, 0.717) is 0 Å². The fourth-order valence-electron chi connectivity index (χ4n) is 5.20. The zero-order valence-electron chi connectivity index (χ0n) is 22.2. The lowest BCUT2D eigenvalue weighted by molar-refractivity contribution is -0.144. The Morgan fingerprint density at radius 2 is 1.00 bits per heavy atom. The van der Waals surface area contributed by atoms with Crippen molar-refractivity contribution in [3.8, 4) is 0 Å². The first-order valence-corrected chi connectivity index (χ1v) is 14.6. The second-order valence-corrected chi connectivity index (χ2v) is 10.3. The highest BCUT2D eigenvalue weighted by Gasteiger charge is 2.39. The van der Waals surface area contributed by atoms with E-state index in [1.165, 1.54) is 77.0 Å². The van der Waals surface area contributed by atoms with Crippen LogP contribution in [0.5, 0.6) is 0 Å². The second kappa shape index (κ2) is 21.0. The Labute approximate surface area is 210 Å². The SMILES string of the molecule is CCCCCCCCCCCCCCC(CCCCCCCCCO)(C(=O)O)c1ccccc1. The normalized spacial score (nSPS) is 13.1. The number of carbonyl (C=O) groups is 1. The molecule has 1 aromatic rings. The van der Waals surface area contributed by atoms with E-state index in [1.807, 2.05) is 30.3 Å². The van der Waals surface area contributed by atoms with Crippen molar-refractivity contribution in [2.75, 3.05) is 6.61 Å². The Morgan fingerprint density at radius 1 is 0.618 bits per heavy atom. The Balaban J connectivity index is 2.37. The van der Waals surface area contributed by atoms with Gasteiger partial charge in [0.1, 0.15) is 0 Å². The van der Waals surface area contributed by atoms with Crippen molar-refractivity contribution in [3.05, 3.63) is 35.9 Å². The zero-order chi connectivity index (χ0) is 24.7. The molecule has 0 saturated carbocycles. The summed E-state index contributed by atoms with van der Waals surface area (Å²) in [5.41, 5.74) is 0.241. The molecule has 0 radical (unpaired) electrons. The van der Waals surface area contributed by atoms with E-state index in [2.05, 4.69) is 6.92 Å². The van der Waals surface area contributed by atoms with Crippen LogP contribution in [0.3, 0.4) is 0 Å². The van der Waals surface area contributed by atoms with E-state index in [9.17, 15) is 9.90 Å². The molecule has 3 nitrogen and oxygen atoms in total. The number of unbranched alkanes of at least 4 members (excludes halogenated alkanes) is 17. The Morgan fingerprint density at radius 3 is 1.38 bits per heavy atom. The molecule has 0 aliphatic rings. The first-order valence-electron chi connectivity index (χ1n) is 14.6. The summed E-state index contributed by atoms with van der Waals surface area (Å²) in [5, 5.41) is 19.2. The largest absolute Gasteiger partial charge is 0.481 e. The lowest BCUT2D eigenvalue weighted by Crippen LogP contribution is -2.36. The lowest BCUT2D eigenvalue weighted by atomic mass is 9.72. The molecule has 34 heavy (non-hydrogen) atoms. The number of aliphatic carboxylic acids is 1. The molecule has 3 heteroatoms. The molecule has 196 valence electrons. The summed E-state index contributed by atoms with van der Waals surface area (Å²) in [5.74, 6) is -0.648. The quantitative estimate of drug-likeness (QED) is 0.147. The average Bonchev–Trinajstić information content (AvgIpc) is 2.85. The molecule has 1 rings (SSSR count). The van der Waals surface area contributed by atoms with Crippen LogP contribution in [0.15, 0.2) is 30.3 Å². The van der Waals surface area contributed by atoms with Crippen LogP contribution in [0.4, 0.5) is 0 Å². The zero-order valence-corrected chi connectivity index (χ0v) is 22.2. The van der Waals surface area contributed by atoms with Gasteiger partial charge in [0.05, 0.1) is 5.41 Å². The van der Waals surface area contributed by atoms with E-state index in [1.54, 1.807) is 0 Å². The van der Waals surface area contributed by atoms with Crippen LogP contribution in [0.2, 0.25) is 0 Å². The van der Waals surface area contributed by atoms with Gasteiger partial charge in [-0.25, -0.2) is 0 Å². The predicted octanol–water partition coefficient (Wildman–Crippen LogP) is 9.21. The highest BCUT2D eigenvalue weighted by molar-refractivity contribution is 5.81. The molecule has 0 bridgehead atoms. The first kappa shape index (κ1) is 30.7. The molecule has 0 fully saturated rings. The molecule has 0 aliphatic carbocycles. The Hall–Kier alpha value is -1.35. The Bertz CT molecular complexity index is 586. The fraction of sp³-hybridized carbons (Fsp3) is 0.774. The van der Waals surface area contributed by atoms with Crippen molar-refractivity contribution >= 4 is 5.97 Å². The van der Waals surface area contributed by atoms with Gasteiger partial charge in [-0.15, -0.1) is 0 Å². The molecule has 0 aromatic heterocycles. The fourth-order valence-corrected chi connectivity index (χ4v) is 5.20. The molecule has 1 unspecified atom stereocenters. The highest BCUT2D eigenvalue weighted by Crippen LogP contribution is 2.36. The smallest absolute Gasteiger partial charge is 0.314 e. The molecule has 0 spiro atoms. The summed E-state index contributed by atoms with van der Waals surface area (Å²) >= 11 is 0. The van der Waals surface area contributed by atoms with Gasteiger partial charge in [-0.3, -0.25) is 4.79 Å². The number of rotatable bonds is 24. The van der Waals surface area contributed by atoms with Gasteiger partial charge in [-0.05, 0) is 24.8 Å². The molecule has 0 heterocycles. The monoisotopic (exact) mass is 474 g/mol. The third-order valence-electron chi connectivity index (χ3n) is 7.45. The summed E-state index contributed by atoms with van der Waals surface area (Å²) in [4.78, 5) is 12.6. The van der Waals surface area contributed by atoms with Gasteiger partial charge in [0.2, 0.25) is 0 Å². The molecule has 0 amide bonds. The topological polar surface area (TPSA) is 57.5 Å². The third kappa shape index (κ3) is 13.5. The first-order chi connectivity index (χ1) is 16.7. The van der Waals surface area contributed by atoms with Gasteiger partial charge < -0.3 is 10.2 Å². The molecule has 2 N–H and O–H groups in total. The summed E-state index contributed by atoms with van der Waals surface area (Å²) in [6, 6.07) is 9.98. The minimum Gasteiger partial charge on any atom is -0.481 e. The van der Waals surface area contributed by atoms with Crippen LogP contribution < -0.4 is 0 Å². The van der Waals surface area contributed by atoms with Crippen molar-refractivity contribution in [1.29, 1.82) is 0 Å². The third-order valence-corrected chi connectivity index (χ3v) is 7.45. The molecule has 1 atom stereocenters. The van der Waals surface area contributed by atoms with Crippen molar-refractivity contribution in [3.63, 3.8) is 0 Å². The molecular weight excluding hydrogens is 420 g/mol. The maximum atomic E-state index is 12.6. The molecule has 1 aromatic carbocycles. The van der Waals surface area contributed by atoms with Crippen LogP contribution >= 0.6 is 0 Å². The van der Waals surface area contributed by atoms with Gasteiger partial charge in [-0.1, -0.05) is 153 Å². The number of carboxylic acid groups (broad SMARTS) is 1. The molecule has 0 aliphatic heterocycles. The van der Waals surface area contributed by atoms with Gasteiger partial charge in [0.15, 0.2) is 0 Å². The van der Waals surface area contributed by atoms with Gasteiger partial charge in [0.25, 0.3) is 0 Å². The van der Waals surface area contributed by atoms with E-state index in [4.69, 9.17) is 5.11 Å². The maximum Gasteiger partial charge on any atom is 0.314 e. The van der Waals surface area contributed by atoms with Gasteiger partial charge in [0, 0.05) is 6.61 Å². The van der Waals surface area contributed by atoms with E-state index >= 15 is 0 Å². The van der Waals surface area contributed by atoms with E-state index in [0.717, 1.165) is 63.4 Å². The number of carboxylic acids is 1. The minimum atomic E-state index is -0.739. The van der Waals surface area contributed by atoms with Crippen molar-refractivity contribution in [2.45, 2.75) is 147 Å². The Kier molecular flexibility index (Phi) is 18.9. The number of benzene rings is 1. The summed E-state index contributed by atoms with van der Waals surface area (Å²) in [7, 11) is 0. The summed E-state index contributed by atoms with van der Waals surface area (Å²) in [6.45, 7) is 2.56. The maximum absolute atomic E-state index is 12.6. The minimum absolute atomic E-state index is 0.289. The van der Waals surface area contributed by atoms with Gasteiger partial charge >= 0.3 is 5.97 Å². The lowest BCUT2D eigenvalue weighted by Gasteiger charge is -2.30. The molecular formula is C31H54O3. The van der Waals surface area contributed by atoms with Crippen molar-refractivity contribution < 1.29 is 15.0 Å². The highest BCUT2D eigenvalue weighted by atomic mass is 16.4. The van der Waals surface area contributed by atoms with Crippen LogP contribution in [-0.4, -0.2) is 22.8 Å². The average molecular weight is 475 g/mol. The van der Waals surface area contributed by atoms with E-state index in [-0.39, 0.29) is 6.61 Å². The standard InChI is InChI=1S/C31H54O3/c1-2-3-4-5-6-7-8-9-10-12-15-21-26-31(30(33)34,29-24-19-18-20-25-29)27-22-16-13-11-14-17-23-28-32/h18-20,24-25,32H,2-17,21-23,26-28H2,1H3,(H,33,34).